The molecule has 0 amide bonds. The number of carbonyl (C=O) groups is 1. The Hall–Kier alpha value is -1.90. The molecule has 0 bridgehead atoms. The second-order valence-corrected chi connectivity index (χ2v) is 3.36. The van der Waals surface area contributed by atoms with Crippen LogP contribution in [0.5, 0.6) is 0 Å². The van der Waals surface area contributed by atoms with Gasteiger partial charge in [0.2, 0.25) is 0 Å². The lowest BCUT2D eigenvalue weighted by atomic mass is 10.1. The Morgan fingerprint density at radius 3 is 2.93 bits per heavy atom. The Bertz CT molecular complexity index is 520. The number of rotatable bonds is 1. The molecule has 2 rings (SSSR count). The molecule has 1 aromatic heterocycles. The normalized spacial score (nSPS) is 10.3. The van der Waals surface area contributed by atoms with Gasteiger partial charge in [-0.1, -0.05) is 18.2 Å². The van der Waals surface area contributed by atoms with Crippen molar-refractivity contribution in [2.24, 2.45) is 0 Å². The van der Waals surface area contributed by atoms with Gasteiger partial charge in [0.25, 0.3) is 0 Å². The number of ether oxygens (including phenoxy) is 1. The molecule has 0 saturated heterocycles. The van der Waals surface area contributed by atoms with Crippen LogP contribution in [0.4, 0.5) is 0 Å². The van der Waals surface area contributed by atoms with E-state index in [1.165, 1.54) is 7.11 Å². The van der Waals surface area contributed by atoms with Crippen LogP contribution in [0, 0.1) is 6.92 Å². The van der Waals surface area contributed by atoms with Crippen molar-refractivity contribution in [1.82, 2.24) is 4.98 Å². The van der Waals surface area contributed by atoms with Crippen molar-refractivity contribution in [3.63, 3.8) is 0 Å². The summed E-state index contributed by atoms with van der Waals surface area (Å²) >= 11 is 0. The van der Waals surface area contributed by atoms with Gasteiger partial charge in [-0.25, -0.2) is 9.78 Å². The highest BCUT2D eigenvalue weighted by Gasteiger charge is 2.07. The third-order valence-corrected chi connectivity index (χ3v) is 2.38. The monoisotopic (exact) mass is 201 g/mol. The van der Waals surface area contributed by atoms with Crippen molar-refractivity contribution in [2.75, 3.05) is 7.11 Å². The van der Waals surface area contributed by atoms with Gasteiger partial charge in [0.1, 0.15) is 5.69 Å². The molecule has 0 fully saturated rings. The van der Waals surface area contributed by atoms with Crippen molar-refractivity contribution in [2.45, 2.75) is 6.92 Å². The first kappa shape index (κ1) is 9.65. The van der Waals surface area contributed by atoms with Gasteiger partial charge in [0, 0.05) is 11.6 Å². The molecular formula is C12H11NO2. The highest BCUT2D eigenvalue weighted by Crippen LogP contribution is 2.17. The molecule has 0 radical (unpaired) electrons. The molecule has 2 aromatic rings. The van der Waals surface area contributed by atoms with E-state index in [0.29, 0.717) is 5.69 Å². The first-order valence-electron chi connectivity index (χ1n) is 4.66. The lowest BCUT2D eigenvalue weighted by Gasteiger charge is -2.03. The summed E-state index contributed by atoms with van der Waals surface area (Å²) in [4.78, 5) is 15.3. The summed E-state index contributed by atoms with van der Waals surface area (Å²) in [5.41, 5.74) is 1.49. The highest BCUT2D eigenvalue weighted by molar-refractivity contribution is 5.93. The Morgan fingerprint density at radius 1 is 1.40 bits per heavy atom. The highest BCUT2D eigenvalue weighted by atomic mass is 16.5. The maximum absolute atomic E-state index is 11.3. The van der Waals surface area contributed by atoms with E-state index in [9.17, 15) is 4.79 Å². The Kier molecular flexibility index (Phi) is 2.37. The van der Waals surface area contributed by atoms with Crippen LogP contribution in [0.2, 0.25) is 0 Å². The summed E-state index contributed by atoms with van der Waals surface area (Å²) in [7, 11) is 1.35. The van der Waals surface area contributed by atoms with E-state index in [0.717, 1.165) is 16.3 Å². The number of fused-ring (bicyclic) bond motifs is 1. The number of esters is 1. The fourth-order valence-corrected chi connectivity index (χ4v) is 1.54. The fraction of sp³-hybridized carbons (Fsp3) is 0.167. The summed E-state index contributed by atoms with van der Waals surface area (Å²) in [5, 5.41) is 2.07. The Morgan fingerprint density at radius 2 is 2.20 bits per heavy atom. The van der Waals surface area contributed by atoms with Crippen LogP contribution >= 0.6 is 0 Å². The SMILES string of the molecule is COC(=O)c1cc2cccc(C)c2cn1. The molecule has 0 saturated carbocycles. The third-order valence-electron chi connectivity index (χ3n) is 2.38. The van der Waals surface area contributed by atoms with Crippen LogP contribution in [0.25, 0.3) is 10.8 Å². The number of hydrogen-bond acceptors (Lipinski definition) is 3. The van der Waals surface area contributed by atoms with Crippen molar-refractivity contribution in [3.8, 4) is 0 Å². The zero-order chi connectivity index (χ0) is 10.8. The molecule has 0 atom stereocenters. The van der Waals surface area contributed by atoms with Crippen LogP contribution in [0.3, 0.4) is 0 Å². The molecule has 0 aliphatic carbocycles. The average molecular weight is 201 g/mol. The predicted octanol–water partition coefficient (Wildman–Crippen LogP) is 2.33. The average Bonchev–Trinajstić information content (AvgIpc) is 2.28. The fourth-order valence-electron chi connectivity index (χ4n) is 1.54. The van der Waals surface area contributed by atoms with Crippen LogP contribution in [-0.4, -0.2) is 18.1 Å². The zero-order valence-electron chi connectivity index (χ0n) is 8.65. The summed E-state index contributed by atoms with van der Waals surface area (Å²) in [6.45, 7) is 2.02. The first-order valence-corrected chi connectivity index (χ1v) is 4.66. The lowest BCUT2D eigenvalue weighted by molar-refractivity contribution is 0.0594. The Labute approximate surface area is 87.7 Å². The minimum Gasteiger partial charge on any atom is -0.464 e. The van der Waals surface area contributed by atoms with E-state index in [4.69, 9.17) is 0 Å². The summed E-state index contributed by atoms with van der Waals surface area (Å²) in [5.74, 6) is -0.404. The van der Waals surface area contributed by atoms with E-state index in [1.807, 2.05) is 25.1 Å². The molecule has 0 spiro atoms. The molecule has 0 unspecified atom stereocenters. The van der Waals surface area contributed by atoms with E-state index in [-0.39, 0.29) is 0 Å². The van der Waals surface area contributed by atoms with Gasteiger partial charge >= 0.3 is 5.97 Å². The number of aryl methyl sites for hydroxylation is 1. The molecule has 1 heterocycles. The van der Waals surface area contributed by atoms with Gasteiger partial charge in [0.15, 0.2) is 0 Å². The zero-order valence-corrected chi connectivity index (χ0v) is 8.65. The quantitative estimate of drug-likeness (QED) is 0.665. The van der Waals surface area contributed by atoms with Crippen molar-refractivity contribution in [3.05, 3.63) is 41.7 Å². The van der Waals surface area contributed by atoms with Gasteiger partial charge < -0.3 is 4.74 Å². The predicted molar refractivity (Wildman–Crippen MR) is 57.8 cm³/mol. The minimum atomic E-state index is -0.404. The second-order valence-electron chi connectivity index (χ2n) is 3.36. The van der Waals surface area contributed by atoms with E-state index in [1.54, 1.807) is 12.3 Å². The van der Waals surface area contributed by atoms with Crippen LogP contribution in [0.1, 0.15) is 16.1 Å². The van der Waals surface area contributed by atoms with Gasteiger partial charge in [-0.2, -0.15) is 0 Å². The number of hydrogen-bond donors (Lipinski definition) is 0. The van der Waals surface area contributed by atoms with Crippen molar-refractivity contribution >= 4 is 16.7 Å². The number of methoxy groups -OCH3 is 1. The molecule has 1 aromatic carbocycles. The number of benzene rings is 1. The lowest BCUT2D eigenvalue weighted by Crippen LogP contribution is -2.03. The molecule has 3 heteroatoms. The molecular weight excluding hydrogens is 190 g/mol. The van der Waals surface area contributed by atoms with E-state index >= 15 is 0 Å². The van der Waals surface area contributed by atoms with Crippen LogP contribution in [-0.2, 0) is 4.74 Å². The van der Waals surface area contributed by atoms with E-state index < -0.39 is 5.97 Å². The number of pyridine rings is 1. The van der Waals surface area contributed by atoms with Crippen molar-refractivity contribution in [1.29, 1.82) is 0 Å². The Balaban J connectivity index is 2.62. The third kappa shape index (κ3) is 1.68. The maximum atomic E-state index is 11.3. The molecule has 0 aliphatic heterocycles. The molecule has 3 nitrogen and oxygen atoms in total. The molecule has 0 N–H and O–H groups in total. The van der Waals surface area contributed by atoms with Crippen LogP contribution < -0.4 is 0 Å². The van der Waals surface area contributed by atoms with Gasteiger partial charge in [-0.15, -0.1) is 0 Å². The largest absolute Gasteiger partial charge is 0.464 e. The second kappa shape index (κ2) is 3.69. The molecule has 15 heavy (non-hydrogen) atoms. The van der Waals surface area contributed by atoms with E-state index in [2.05, 4.69) is 9.72 Å². The van der Waals surface area contributed by atoms with Crippen molar-refractivity contribution < 1.29 is 9.53 Å². The van der Waals surface area contributed by atoms with Gasteiger partial charge in [-0.3, -0.25) is 0 Å². The first-order chi connectivity index (χ1) is 7.22. The van der Waals surface area contributed by atoms with Gasteiger partial charge in [-0.05, 0) is 23.9 Å². The number of nitrogens with zero attached hydrogens (tertiary/aromatic N) is 1. The van der Waals surface area contributed by atoms with Crippen LogP contribution in [0.15, 0.2) is 30.5 Å². The van der Waals surface area contributed by atoms with Gasteiger partial charge in [0.05, 0.1) is 7.11 Å². The molecule has 76 valence electrons. The smallest absolute Gasteiger partial charge is 0.356 e. The summed E-state index contributed by atoms with van der Waals surface area (Å²) < 4.78 is 4.61. The summed E-state index contributed by atoms with van der Waals surface area (Å²) in [6, 6.07) is 7.67. The summed E-state index contributed by atoms with van der Waals surface area (Å²) in [6.07, 6.45) is 1.71. The number of carbonyl (C=O) groups excluding carboxylic acids is 1. The number of aromatic nitrogens is 1. The topological polar surface area (TPSA) is 39.2 Å². The standard InChI is InChI=1S/C12H11NO2/c1-8-4-3-5-9-6-11(12(14)15-2)13-7-10(8)9/h3-7H,1-2H3. The maximum Gasteiger partial charge on any atom is 0.356 e. The minimum absolute atomic E-state index is 0.343. The molecule has 0 aliphatic rings.